The smallest absolute Gasteiger partial charge is 0.270 e. The van der Waals surface area contributed by atoms with E-state index in [0.29, 0.717) is 35.0 Å². The third-order valence-electron chi connectivity index (χ3n) is 6.33. The molecular formula is C28H30N6O6Zn. The monoisotopic (exact) mass is 610 g/mol. The minimum absolute atomic E-state index is 0. The molecule has 4 rings (SSSR count). The number of aryl methyl sites for hydroxylation is 3. The van der Waals surface area contributed by atoms with Gasteiger partial charge in [0.15, 0.2) is 0 Å². The average Bonchev–Trinajstić information content (AvgIpc) is 2.94. The molecule has 0 radical (unpaired) electrons. The first-order chi connectivity index (χ1) is 19.0. The van der Waals surface area contributed by atoms with Gasteiger partial charge in [-0.25, -0.2) is 0 Å². The minimum Gasteiger partial charge on any atom is -0.399 e. The molecule has 0 bridgehead atoms. The molecule has 12 nitrogen and oxygen atoms in total. The number of hydrogen-bond acceptors (Lipinski definition) is 7. The zero-order valence-corrected chi connectivity index (χ0v) is 26.2. The van der Waals surface area contributed by atoms with Crippen LogP contribution in [0.1, 0.15) is 17.5 Å². The first-order valence-corrected chi connectivity index (χ1v) is 12.2. The molecule has 0 atom stereocenters. The fourth-order valence-electron chi connectivity index (χ4n) is 4.10. The molecule has 2 amide bonds. The number of nitrogens with two attached hydrogens (primary N) is 1. The maximum Gasteiger partial charge on any atom is 0.270 e. The van der Waals surface area contributed by atoms with Crippen molar-refractivity contribution in [1.29, 1.82) is 0 Å². The summed E-state index contributed by atoms with van der Waals surface area (Å²) in [5.41, 5.74) is 8.34. The van der Waals surface area contributed by atoms with E-state index in [0.717, 1.165) is 10.9 Å². The third kappa shape index (κ3) is 7.73. The largest absolute Gasteiger partial charge is 0.399 e. The Kier molecular flexibility index (Phi) is 11.2. The zero-order valence-electron chi connectivity index (χ0n) is 23.3. The second-order valence-corrected chi connectivity index (χ2v) is 8.94. The van der Waals surface area contributed by atoms with Crippen molar-refractivity contribution in [2.75, 3.05) is 19.8 Å². The molecule has 2 aromatic carbocycles. The summed E-state index contributed by atoms with van der Waals surface area (Å²) in [6.45, 7) is 0. The number of aromatic nitrogens is 2. The summed E-state index contributed by atoms with van der Waals surface area (Å²) in [5, 5.41) is 17.2. The number of pyridine rings is 2. The number of nitrogens with zero attached hydrogens (tertiary/aromatic N) is 3. The Bertz CT molecular complexity index is 1780. The van der Waals surface area contributed by atoms with Crippen LogP contribution in [0.2, 0.25) is 0 Å². The van der Waals surface area contributed by atoms with Gasteiger partial charge in [0.05, 0.1) is 16.0 Å². The Morgan fingerprint density at radius 2 is 1.54 bits per heavy atom. The molecule has 4 N–H and O–H groups in total. The van der Waals surface area contributed by atoms with Crippen LogP contribution in [0.25, 0.3) is 27.9 Å². The third-order valence-corrected chi connectivity index (χ3v) is 6.33. The zero-order chi connectivity index (χ0) is 29.6. The van der Waals surface area contributed by atoms with Crippen LogP contribution >= 0.6 is 0 Å². The number of hydrogen-bond donors (Lipinski definition) is 3. The molecule has 0 aliphatic heterocycles. The summed E-state index contributed by atoms with van der Waals surface area (Å²) >= 11 is 0. The van der Waals surface area contributed by atoms with Crippen molar-refractivity contribution in [3.8, 4) is 0 Å². The van der Waals surface area contributed by atoms with E-state index < -0.39 is 4.92 Å². The van der Waals surface area contributed by atoms with Crippen molar-refractivity contribution < 1.29 is 34.0 Å². The summed E-state index contributed by atoms with van der Waals surface area (Å²) in [7, 11) is 6.37. The maximum atomic E-state index is 12.2. The Balaban J connectivity index is 0.000000281. The van der Waals surface area contributed by atoms with Gasteiger partial charge >= 0.3 is 0 Å². The summed E-state index contributed by atoms with van der Waals surface area (Å²) in [6.07, 6.45) is 3.36. The Labute approximate surface area is 247 Å². The van der Waals surface area contributed by atoms with Crippen LogP contribution in [-0.2, 0) is 49.6 Å². The van der Waals surface area contributed by atoms with Gasteiger partial charge < -0.3 is 25.5 Å². The molecule has 0 fully saturated rings. The van der Waals surface area contributed by atoms with E-state index >= 15 is 0 Å². The summed E-state index contributed by atoms with van der Waals surface area (Å²) in [5.74, 6) is -0.411. The molecule has 0 aliphatic rings. The predicted molar refractivity (Wildman–Crippen MR) is 155 cm³/mol. The van der Waals surface area contributed by atoms with Crippen molar-refractivity contribution >= 4 is 51.1 Å². The topological polar surface area (TPSA) is 171 Å². The van der Waals surface area contributed by atoms with Gasteiger partial charge in [-0.15, -0.1) is 0 Å². The molecule has 2 heterocycles. The number of likely N-dealkylation sites (N-methyl/N-ethyl adjacent to an activating group) is 1. The molecule has 13 heteroatoms. The minimum atomic E-state index is -0.495. The number of anilines is 1. The van der Waals surface area contributed by atoms with Crippen molar-refractivity contribution in [3.05, 3.63) is 96.6 Å². The number of benzene rings is 2. The fraction of sp³-hybridized carbons (Fsp3) is 0.214. The van der Waals surface area contributed by atoms with Gasteiger partial charge in [-0.3, -0.25) is 29.3 Å². The molecular weight excluding hydrogens is 582 g/mol. The number of carbonyl (C=O) groups is 2. The number of nitro benzene ring substituents is 1. The van der Waals surface area contributed by atoms with E-state index in [9.17, 15) is 29.3 Å². The van der Waals surface area contributed by atoms with Crippen LogP contribution < -0.4 is 27.5 Å². The Hall–Kier alpha value is -4.64. The number of non-ortho nitro benzene ring substituents is 1. The standard InChI is InChI=1S/C14H13N3O4.C14H17N3O2.Zn/c1-15-13(18)6-3-9-7-10-8-11(17(20)21)4-5-12(10)16(2)14(9)19;1-16-13(18)6-3-9-7-10-8-11(15)4-5-12(10)17(2)14(9)19;/h3-8H,1-2H3,(H,15,18);4-5,7-8H,3,6,15H2,1-2H3,(H,16,18);/b6-3+;;. The molecule has 0 saturated heterocycles. The van der Waals surface area contributed by atoms with E-state index in [1.165, 1.54) is 48.0 Å². The van der Waals surface area contributed by atoms with Crippen LogP contribution in [0.3, 0.4) is 0 Å². The molecule has 210 valence electrons. The average molecular weight is 612 g/mol. The Morgan fingerprint density at radius 3 is 2.15 bits per heavy atom. The maximum absolute atomic E-state index is 12.2. The Morgan fingerprint density at radius 1 is 0.927 bits per heavy atom. The predicted octanol–water partition coefficient (Wildman–Crippen LogP) is 2.00. The second-order valence-electron chi connectivity index (χ2n) is 8.94. The molecule has 4 aromatic rings. The van der Waals surface area contributed by atoms with Crippen molar-refractivity contribution in [2.24, 2.45) is 14.1 Å². The fourth-order valence-corrected chi connectivity index (χ4v) is 4.10. The van der Waals surface area contributed by atoms with Gasteiger partial charge in [-0.2, -0.15) is 0 Å². The number of amides is 2. The summed E-state index contributed by atoms with van der Waals surface area (Å²) in [6, 6.07) is 13.1. The summed E-state index contributed by atoms with van der Waals surface area (Å²) < 4.78 is 2.98. The van der Waals surface area contributed by atoms with E-state index in [2.05, 4.69) is 10.6 Å². The van der Waals surface area contributed by atoms with E-state index in [1.807, 2.05) is 18.2 Å². The van der Waals surface area contributed by atoms with Crippen LogP contribution in [0.15, 0.2) is 64.2 Å². The van der Waals surface area contributed by atoms with Crippen molar-refractivity contribution in [2.45, 2.75) is 12.8 Å². The van der Waals surface area contributed by atoms with Crippen molar-refractivity contribution in [1.82, 2.24) is 19.8 Å². The number of nitrogen functional groups attached to an aromatic ring is 1. The van der Waals surface area contributed by atoms with Crippen molar-refractivity contribution in [3.63, 3.8) is 0 Å². The van der Waals surface area contributed by atoms with E-state index in [-0.39, 0.29) is 53.7 Å². The molecule has 0 aliphatic carbocycles. The van der Waals surface area contributed by atoms with Gasteiger partial charge in [-0.1, -0.05) is 0 Å². The number of fused-ring (bicyclic) bond motifs is 2. The van der Waals surface area contributed by atoms with Crippen LogP contribution in [0.5, 0.6) is 0 Å². The quantitative estimate of drug-likeness (QED) is 0.0983. The number of carbonyl (C=O) groups excluding carboxylic acids is 2. The molecule has 0 saturated carbocycles. The normalized spacial score (nSPS) is 10.5. The first kappa shape index (κ1) is 32.6. The van der Waals surface area contributed by atoms with Crippen LogP contribution in [-0.4, -0.2) is 40.0 Å². The number of nitrogens with one attached hydrogen (secondary N) is 2. The van der Waals surface area contributed by atoms with Gasteiger partial charge in [0, 0.05) is 99.9 Å². The van der Waals surface area contributed by atoms with Crippen LogP contribution in [0, 0.1) is 10.1 Å². The van der Waals surface area contributed by atoms with E-state index in [1.54, 1.807) is 31.8 Å². The van der Waals surface area contributed by atoms with E-state index in [4.69, 9.17) is 5.73 Å². The molecule has 41 heavy (non-hydrogen) atoms. The van der Waals surface area contributed by atoms with Gasteiger partial charge in [-0.05, 0) is 48.9 Å². The SMILES string of the molecule is CNC(=O)/C=C/c1cc2cc([N+](=O)[O-])ccc2n(C)c1=O.CNC(=O)CCc1cc2cc(N)ccc2n(C)c1=O.[Zn]. The van der Waals surface area contributed by atoms with Gasteiger partial charge in [0.2, 0.25) is 11.8 Å². The molecule has 0 spiro atoms. The molecule has 2 aromatic heterocycles. The second kappa shape index (κ2) is 14.1. The number of rotatable bonds is 6. The summed E-state index contributed by atoms with van der Waals surface area (Å²) in [4.78, 5) is 57.1. The van der Waals surface area contributed by atoms with Crippen LogP contribution in [0.4, 0.5) is 11.4 Å². The van der Waals surface area contributed by atoms with Gasteiger partial charge in [0.25, 0.3) is 16.8 Å². The molecule has 0 unspecified atom stereocenters. The van der Waals surface area contributed by atoms with Gasteiger partial charge in [0.1, 0.15) is 0 Å². The number of nitro groups is 1. The first-order valence-electron chi connectivity index (χ1n) is 12.2.